The summed E-state index contributed by atoms with van der Waals surface area (Å²) in [5, 5.41) is 28.4. The van der Waals surface area contributed by atoms with Crippen molar-refractivity contribution in [3.63, 3.8) is 0 Å². The van der Waals surface area contributed by atoms with Gasteiger partial charge in [0.25, 0.3) is 0 Å². The zero-order chi connectivity index (χ0) is 21.1. The van der Waals surface area contributed by atoms with E-state index in [4.69, 9.17) is 14.6 Å². The highest BCUT2D eigenvalue weighted by atomic mass is 16.5. The number of esters is 1. The summed E-state index contributed by atoms with van der Waals surface area (Å²) in [6.07, 6.45) is 1.93. The maximum atomic E-state index is 12.3. The summed E-state index contributed by atoms with van der Waals surface area (Å²) in [5.41, 5.74) is -0.911. The zero-order valence-electron chi connectivity index (χ0n) is 17.5. The number of carboxylic acids is 1. The largest absolute Gasteiger partial charge is 0.479 e. The number of fused-ring (bicyclic) bond motifs is 2. The Hall–Kier alpha value is -1.18. The highest BCUT2D eigenvalue weighted by molar-refractivity contribution is 5.75. The van der Waals surface area contributed by atoms with Crippen molar-refractivity contribution in [2.24, 2.45) is 17.3 Å². The average Bonchev–Trinajstić information content (AvgIpc) is 3.15. The third kappa shape index (κ3) is 5.05. The number of hydrogen-bond donors (Lipinski definition) is 3. The van der Waals surface area contributed by atoms with Gasteiger partial charge in [0.15, 0.2) is 6.10 Å². The Morgan fingerprint density at radius 2 is 1.89 bits per heavy atom. The number of carbonyl (C=O) groups is 2. The molecule has 2 aliphatic rings. The summed E-state index contributed by atoms with van der Waals surface area (Å²) in [6.45, 7) is 8.20. The molecule has 7 nitrogen and oxygen atoms in total. The molecule has 2 bridgehead atoms. The van der Waals surface area contributed by atoms with Crippen LogP contribution in [0.2, 0.25) is 0 Å². The lowest BCUT2D eigenvalue weighted by Crippen LogP contribution is -2.44. The summed E-state index contributed by atoms with van der Waals surface area (Å²) in [4.78, 5) is 23.0. The van der Waals surface area contributed by atoms with E-state index in [1.807, 2.05) is 20.8 Å². The van der Waals surface area contributed by atoms with Gasteiger partial charge in [-0.15, -0.1) is 0 Å². The highest BCUT2D eigenvalue weighted by Crippen LogP contribution is 2.54. The first-order valence-electron chi connectivity index (χ1n) is 10.5. The van der Waals surface area contributed by atoms with Gasteiger partial charge in [0.1, 0.15) is 0 Å². The predicted octanol–water partition coefficient (Wildman–Crippen LogP) is 2.52. The van der Waals surface area contributed by atoms with E-state index < -0.39 is 29.2 Å². The van der Waals surface area contributed by atoms with Gasteiger partial charge >= 0.3 is 11.9 Å². The molecule has 1 unspecified atom stereocenters. The van der Waals surface area contributed by atoms with Crippen LogP contribution < -0.4 is 0 Å². The molecule has 0 radical (unpaired) electrons. The Labute approximate surface area is 167 Å². The van der Waals surface area contributed by atoms with Crippen LogP contribution in [-0.2, 0) is 19.1 Å². The smallest absolute Gasteiger partial charge is 0.332 e. The molecule has 0 spiro atoms. The van der Waals surface area contributed by atoms with Crippen LogP contribution in [0.4, 0.5) is 0 Å². The first-order chi connectivity index (χ1) is 13.0. The molecular weight excluding hydrogens is 364 g/mol. The maximum absolute atomic E-state index is 12.3. The van der Waals surface area contributed by atoms with E-state index >= 15 is 0 Å². The van der Waals surface area contributed by atoms with Crippen LogP contribution in [-0.4, -0.2) is 57.8 Å². The molecule has 0 aromatic heterocycles. The second-order valence-corrected chi connectivity index (χ2v) is 9.22. The lowest BCUT2D eigenvalue weighted by molar-refractivity contribution is -0.158. The third-order valence-electron chi connectivity index (χ3n) is 6.85. The first-order valence-corrected chi connectivity index (χ1v) is 10.5. The van der Waals surface area contributed by atoms with Gasteiger partial charge in [-0.05, 0) is 64.7 Å². The molecule has 0 aliphatic carbocycles. The molecule has 2 fully saturated rings. The van der Waals surface area contributed by atoms with E-state index in [0.717, 1.165) is 12.8 Å². The van der Waals surface area contributed by atoms with Crippen molar-refractivity contribution in [3.05, 3.63) is 0 Å². The normalized spacial score (nSPS) is 31.6. The van der Waals surface area contributed by atoms with Gasteiger partial charge in [-0.1, -0.05) is 13.8 Å². The highest BCUT2D eigenvalue weighted by Gasteiger charge is 2.57. The molecule has 6 atom stereocenters. The van der Waals surface area contributed by atoms with E-state index in [9.17, 15) is 19.8 Å². The molecule has 2 aliphatic heterocycles. The predicted molar refractivity (Wildman–Crippen MR) is 103 cm³/mol. The van der Waals surface area contributed by atoms with Crippen LogP contribution in [0.15, 0.2) is 0 Å². The van der Waals surface area contributed by atoms with E-state index in [1.165, 1.54) is 0 Å². The maximum Gasteiger partial charge on any atom is 0.332 e. The van der Waals surface area contributed by atoms with Gasteiger partial charge < -0.3 is 24.8 Å². The van der Waals surface area contributed by atoms with Gasteiger partial charge in [-0.3, -0.25) is 4.79 Å². The fourth-order valence-electron chi connectivity index (χ4n) is 4.47. The number of aliphatic carboxylic acids is 1. The van der Waals surface area contributed by atoms with Crippen molar-refractivity contribution in [2.75, 3.05) is 6.61 Å². The molecule has 0 amide bonds. The minimum Gasteiger partial charge on any atom is -0.479 e. The first kappa shape index (κ1) is 23.1. The van der Waals surface area contributed by atoms with E-state index in [-0.39, 0.29) is 30.8 Å². The molecule has 7 heteroatoms. The fourth-order valence-corrected chi connectivity index (χ4v) is 4.47. The van der Waals surface area contributed by atoms with Crippen LogP contribution in [0.5, 0.6) is 0 Å². The second kappa shape index (κ2) is 9.09. The molecule has 3 N–H and O–H groups in total. The summed E-state index contributed by atoms with van der Waals surface area (Å²) in [7, 11) is 0. The lowest BCUT2D eigenvalue weighted by atomic mass is 9.69. The van der Waals surface area contributed by atoms with Crippen LogP contribution in [0.1, 0.15) is 72.6 Å². The summed E-state index contributed by atoms with van der Waals surface area (Å²) in [5.74, 6) is -1.04. The number of aliphatic hydroxyl groups excluding tert-OH is 2. The van der Waals surface area contributed by atoms with Gasteiger partial charge in [0, 0.05) is 5.92 Å². The molecule has 2 saturated heterocycles. The number of aliphatic hydroxyl groups is 2. The zero-order valence-corrected chi connectivity index (χ0v) is 17.5. The minimum atomic E-state index is -1.44. The number of carboxylic acid groups (broad SMARTS) is 1. The molecule has 0 aromatic carbocycles. The van der Waals surface area contributed by atoms with Crippen molar-refractivity contribution >= 4 is 11.9 Å². The third-order valence-corrected chi connectivity index (χ3v) is 6.85. The fraction of sp³-hybridized carbons (Fsp3) is 0.905. The van der Waals surface area contributed by atoms with Crippen molar-refractivity contribution in [1.82, 2.24) is 0 Å². The number of carbonyl (C=O) groups excluding carboxylic acids is 1. The van der Waals surface area contributed by atoms with Crippen molar-refractivity contribution in [3.8, 4) is 0 Å². The second-order valence-electron chi connectivity index (χ2n) is 9.22. The standard InChI is InChI=1S/C21H36O7/c1-5-20(3,4)19(26)27-12-14-11-16-10-13(2)21(14,28-16)9-8-15(22)6-7-17(23)18(24)25/h13-17,22-23H,5-12H2,1-4H3,(H,24,25)/t13-,14+,15+,16-,17?,21+/m0/s1. The van der Waals surface area contributed by atoms with Crippen LogP contribution in [0.25, 0.3) is 0 Å². The van der Waals surface area contributed by atoms with Gasteiger partial charge in [-0.2, -0.15) is 0 Å². The minimum absolute atomic E-state index is 0.0235. The Morgan fingerprint density at radius 3 is 2.46 bits per heavy atom. The monoisotopic (exact) mass is 400 g/mol. The number of hydrogen-bond acceptors (Lipinski definition) is 6. The molecular formula is C21H36O7. The van der Waals surface area contributed by atoms with Crippen LogP contribution in [0.3, 0.4) is 0 Å². The SMILES string of the molecule is CCC(C)(C)C(=O)OC[C@H]1C[C@@H]2C[C@H](C)[C@@]1(CC[C@H](O)CCC(O)C(=O)O)O2. The Morgan fingerprint density at radius 1 is 1.21 bits per heavy atom. The van der Waals surface area contributed by atoms with Crippen molar-refractivity contribution in [2.45, 2.75) is 96.6 Å². The van der Waals surface area contributed by atoms with Crippen LogP contribution >= 0.6 is 0 Å². The molecule has 0 aromatic rings. The molecule has 0 saturated carbocycles. The molecule has 2 heterocycles. The molecule has 2 rings (SSSR count). The summed E-state index contributed by atoms with van der Waals surface area (Å²) >= 11 is 0. The van der Waals surface area contributed by atoms with Gasteiger partial charge in [0.2, 0.25) is 0 Å². The molecule has 28 heavy (non-hydrogen) atoms. The lowest BCUT2D eigenvalue weighted by Gasteiger charge is -2.38. The van der Waals surface area contributed by atoms with Crippen LogP contribution in [0, 0.1) is 17.3 Å². The topological polar surface area (TPSA) is 113 Å². The Balaban J connectivity index is 1.91. The summed E-state index contributed by atoms with van der Waals surface area (Å²) in [6, 6.07) is 0. The Kier molecular flexibility index (Phi) is 7.50. The number of rotatable bonds is 11. The van der Waals surface area contributed by atoms with E-state index in [1.54, 1.807) is 0 Å². The average molecular weight is 401 g/mol. The van der Waals surface area contributed by atoms with Gasteiger partial charge in [0.05, 0.1) is 29.8 Å². The van der Waals surface area contributed by atoms with E-state index in [2.05, 4.69) is 6.92 Å². The summed E-state index contributed by atoms with van der Waals surface area (Å²) < 4.78 is 11.9. The van der Waals surface area contributed by atoms with Gasteiger partial charge in [-0.25, -0.2) is 4.79 Å². The Bertz CT molecular complexity index is 561. The quantitative estimate of drug-likeness (QED) is 0.457. The molecule has 162 valence electrons. The number of ether oxygens (including phenoxy) is 2. The van der Waals surface area contributed by atoms with Crippen molar-refractivity contribution < 1.29 is 34.4 Å². The van der Waals surface area contributed by atoms with E-state index in [0.29, 0.717) is 31.8 Å². The van der Waals surface area contributed by atoms with Crippen molar-refractivity contribution in [1.29, 1.82) is 0 Å².